The summed E-state index contributed by atoms with van der Waals surface area (Å²) in [7, 11) is -5.42. The monoisotopic (exact) mass is 322 g/mol. The molecule has 2 aromatic carbocycles. The third-order valence-electron chi connectivity index (χ3n) is 2.91. The Morgan fingerprint density at radius 3 is 1.73 bits per heavy atom. The van der Waals surface area contributed by atoms with Crippen LogP contribution in [0.25, 0.3) is 21.8 Å². The lowest BCUT2D eigenvalue weighted by molar-refractivity contribution is -0.310. The van der Waals surface area contributed by atoms with Crippen molar-refractivity contribution in [3.05, 3.63) is 54.1 Å². The van der Waals surface area contributed by atoms with Gasteiger partial charge < -0.3 is 10.3 Å². The van der Waals surface area contributed by atoms with Crippen molar-refractivity contribution in [2.45, 2.75) is 0 Å². The summed E-state index contributed by atoms with van der Waals surface area (Å²) in [5.41, 5.74) is 7.91. The fraction of sp³-hybridized carbons (Fsp3) is 0. The number of carbonyl (C=O) groups is 1. The second-order valence-corrected chi connectivity index (χ2v) is 5.13. The van der Waals surface area contributed by atoms with Crippen molar-refractivity contribution in [2.75, 3.05) is 0 Å². The van der Waals surface area contributed by atoms with Crippen LogP contribution in [0, 0.1) is 0 Å². The molecule has 0 aliphatic carbocycles. The fourth-order valence-corrected chi connectivity index (χ4v) is 2.18. The summed E-state index contributed by atoms with van der Waals surface area (Å²) >= 11 is 0. The van der Waals surface area contributed by atoms with Gasteiger partial charge in [0, 0.05) is 12.1 Å². The summed E-state index contributed by atoms with van der Waals surface area (Å²) in [6, 6.07) is 15.3. The number of aromatic amines is 1. The Bertz CT molecular complexity index is 895. The number of nitrogens with one attached hydrogen (secondary N) is 1. The molecule has 3 aromatic rings. The van der Waals surface area contributed by atoms with Crippen molar-refractivity contribution in [1.29, 1.82) is 0 Å². The molecular formula is C14H11FN2O4S. The molecule has 0 aliphatic heterocycles. The van der Waals surface area contributed by atoms with E-state index in [2.05, 4.69) is 4.98 Å². The molecule has 8 heteroatoms. The third-order valence-corrected chi connectivity index (χ3v) is 2.91. The molecule has 0 saturated carbocycles. The van der Waals surface area contributed by atoms with Gasteiger partial charge >= 0.3 is 0 Å². The molecule has 1 amide bonds. The van der Waals surface area contributed by atoms with Crippen LogP contribution in [0.5, 0.6) is 0 Å². The molecule has 3 N–H and O–H groups in total. The van der Waals surface area contributed by atoms with Crippen LogP contribution >= 0.6 is 0 Å². The number of para-hydroxylation sites is 2. The first-order valence-electron chi connectivity index (χ1n) is 6.05. The first-order chi connectivity index (χ1) is 10.3. The van der Waals surface area contributed by atoms with E-state index in [1.54, 1.807) is 0 Å². The van der Waals surface area contributed by atoms with Gasteiger partial charge in [0.15, 0.2) is 0 Å². The van der Waals surface area contributed by atoms with Crippen molar-refractivity contribution < 1.29 is 26.6 Å². The Balaban J connectivity index is 0.000000309. The number of pyridine rings is 1. The van der Waals surface area contributed by atoms with Gasteiger partial charge in [-0.3, -0.25) is 4.79 Å². The summed E-state index contributed by atoms with van der Waals surface area (Å²) in [5.74, 6) is -0.397. The standard InChI is InChI=1S/C14H10N2O.FHO3S/c15-14(17)13-9-5-1-3-7-11(9)16-12-8-4-2-6-10(12)13;1-5(2,3)4/h1-8H,(H2,15,17);(H,2,3,4). The highest BCUT2D eigenvalue weighted by molar-refractivity contribution is 7.80. The van der Waals surface area contributed by atoms with Crippen LogP contribution in [0.2, 0.25) is 0 Å². The lowest BCUT2D eigenvalue weighted by atomic mass is 10.0. The average molecular weight is 322 g/mol. The lowest BCUT2D eigenvalue weighted by Gasteiger charge is -2.02. The number of primary amides is 1. The van der Waals surface area contributed by atoms with Gasteiger partial charge in [-0.05, 0) is 12.1 Å². The highest BCUT2D eigenvalue weighted by Crippen LogP contribution is 2.22. The number of rotatable bonds is 1. The molecular weight excluding hydrogens is 311 g/mol. The van der Waals surface area contributed by atoms with E-state index in [1.807, 2.05) is 48.5 Å². The summed E-state index contributed by atoms with van der Waals surface area (Å²) in [4.78, 5) is 14.9. The number of halogens is 1. The van der Waals surface area contributed by atoms with E-state index >= 15 is 0 Å². The molecule has 6 nitrogen and oxygen atoms in total. The summed E-state index contributed by atoms with van der Waals surface area (Å²) in [6.07, 6.45) is 0. The molecule has 0 spiro atoms. The number of hydrogen-bond acceptors (Lipinski definition) is 4. The van der Waals surface area contributed by atoms with E-state index in [0.29, 0.717) is 5.56 Å². The predicted molar refractivity (Wildman–Crippen MR) is 77.3 cm³/mol. The maximum absolute atomic E-state index is 11.6. The third kappa shape index (κ3) is 3.74. The molecule has 0 unspecified atom stereocenters. The van der Waals surface area contributed by atoms with Gasteiger partial charge in [0.05, 0.1) is 16.3 Å². The largest absolute Gasteiger partial charge is 0.722 e. The van der Waals surface area contributed by atoms with Crippen molar-refractivity contribution in [2.24, 2.45) is 5.73 Å². The average Bonchev–Trinajstić information content (AvgIpc) is 2.42. The molecule has 0 saturated heterocycles. The minimum absolute atomic E-state index is 0.397. The van der Waals surface area contributed by atoms with Gasteiger partial charge in [0.2, 0.25) is 16.9 Å². The number of amides is 1. The normalized spacial score (nSPS) is 11.0. The van der Waals surface area contributed by atoms with Crippen LogP contribution < -0.4 is 10.7 Å². The van der Waals surface area contributed by atoms with Crippen LogP contribution in [0.15, 0.2) is 48.5 Å². The first kappa shape index (κ1) is 15.8. The Morgan fingerprint density at radius 1 is 1.00 bits per heavy atom. The van der Waals surface area contributed by atoms with Gasteiger partial charge in [-0.2, -0.15) is 0 Å². The number of hydrogen-bond donors (Lipinski definition) is 1. The molecule has 114 valence electrons. The molecule has 0 fully saturated rings. The number of benzene rings is 2. The van der Waals surface area contributed by atoms with Crippen molar-refractivity contribution in [1.82, 2.24) is 0 Å². The van der Waals surface area contributed by atoms with E-state index in [-0.39, 0.29) is 0 Å². The molecule has 0 radical (unpaired) electrons. The second-order valence-electron chi connectivity index (χ2n) is 4.35. The Kier molecular flexibility index (Phi) is 4.34. The summed E-state index contributed by atoms with van der Waals surface area (Å²) in [5, 5.41) is 1.72. The SMILES string of the molecule is NC(=O)c1c2ccccc2[nH+]c2ccccc12.O=S(=O)([O-])F. The van der Waals surface area contributed by atoms with Crippen LogP contribution in [0.4, 0.5) is 3.89 Å². The first-order valence-corrected chi connectivity index (χ1v) is 7.36. The zero-order valence-electron chi connectivity index (χ0n) is 11.1. The summed E-state index contributed by atoms with van der Waals surface area (Å²) < 4.78 is 35.3. The highest BCUT2D eigenvalue weighted by Gasteiger charge is 2.16. The maximum atomic E-state index is 11.6. The van der Waals surface area contributed by atoms with Crippen molar-refractivity contribution in [3.8, 4) is 0 Å². The van der Waals surface area contributed by atoms with E-state index in [1.165, 1.54) is 0 Å². The van der Waals surface area contributed by atoms with Gasteiger partial charge in [-0.25, -0.2) is 13.4 Å². The molecule has 0 bridgehead atoms. The molecule has 3 rings (SSSR count). The molecule has 0 aliphatic rings. The maximum Gasteiger partial charge on any atom is 0.255 e. The highest BCUT2D eigenvalue weighted by atomic mass is 32.3. The zero-order chi connectivity index (χ0) is 16.3. The van der Waals surface area contributed by atoms with E-state index < -0.39 is 16.4 Å². The number of carbonyl (C=O) groups excluding carboxylic acids is 1. The van der Waals surface area contributed by atoms with E-state index in [0.717, 1.165) is 21.8 Å². The number of fused-ring (bicyclic) bond motifs is 2. The van der Waals surface area contributed by atoms with Crippen molar-refractivity contribution >= 4 is 38.2 Å². The van der Waals surface area contributed by atoms with E-state index in [4.69, 9.17) is 18.7 Å². The number of aromatic nitrogens is 1. The number of nitrogens with two attached hydrogens (primary N) is 1. The Hall–Kier alpha value is -2.58. The number of H-pyrrole nitrogens is 1. The minimum Gasteiger partial charge on any atom is -0.722 e. The fourth-order valence-electron chi connectivity index (χ4n) is 2.18. The second kappa shape index (κ2) is 6.04. The van der Waals surface area contributed by atoms with Gasteiger partial charge in [-0.1, -0.05) is 24.3 Å². The van der Waals surface area contributed by atoms with Crippen LogP contribution in [0.3, 0.4) is 0 Å². The van der Waals surface area contributed by atoms with Gasteiger partial charge in [-0.15, -0.1) is 3.89 Å². The molecule has 1 aromatic heterocycles. The molecule has 22 heavy (non-hydrogen) atoms. The molecule has 1 heterocycles. The van der Waals surface area contributed by atoms with Crippen molar-refractivity contribution in [3.63, 3.8) is 0 Å². The van der Waals surface area contributed by atoms with Gasteiger partial charge in [0.1, 0.15) is 0 Å². The summed E-state index contributed by atoms with van der Waals surface area (Å²) in [6.45, 7) is 0. The Morgan fingerprint density at radius 2 is 1.36 bits per heavy atom. The topological polar surface area (TPSA) is 114 Å². The van der Waals surface area contributed by atoms with E-state index in [9.17, 15) is 8.68 Å². The van der Waals surface area contributed by atoms with Gasteiger partial charge in [0.25, 0.3) is 10.5 Å². The Labute approximate surface area is 125 Å². The van der Waals surface area contributed by atoms with Crippen LogP contribution in [-0.4, -0.2) is 18.9 Å². The van der Waals surface area contributed by atoms with Crippen LogP contribution in [0.1, 0.15) is 10.4 Å². The van der Waals surface area contributed by atoms with Crippen LogP contribution in [-0.2, 0) is 10.5 Å². The molecule has 0 atom stereocenters. The minimum atomic E-state index is -5.42. The zero-order valence-corrected chi connectivity index (χ0v) is 11.9. The quantitative estimate of drug-likeness (QED) is 0.413. The smallest absolute Gasteiger partial charge is 0.255 e. The predicted octanol–water partition coefficient (Wildman–Crippen LogP) is 1.32. The lowest BCUT2D eigenvalue weighted by Crippen LogP contribution is -2.16.